The van der Waals surface area contributed by atoms with E-state index in [-0.39, 0.29) is 5.56 Å². The van der Waals surface area contributed by atoms with Crippen LogP contribution in [0.15, 0.2) is 78.9 Å². The average molecular weight is 462 g/mol. The van der Waals surface area contributed by atoms with Crippen LogP contribution in [0, 0.1) is 0 Å². The number of carbonyl (C=O) groups is 1. The second kappa shape index (κ2) is 8.96. The van der Waals surface area contributed by atoms with Crippen LogP contribution in [0.1, 0.15) is 10.4 Å². The van der Waals surface area contributed by atoms with E-state index in [0.717, 1.165) is 45.0 Å². The van der Waals surface area contributed by atoms with Crippen molar-refractivity contribution in [1.82, 2.24) is 4.72 Å². The van der Waals surface area contributed by atoms with E-state index in [1.807, 2.05) is 59.3 Å². The molecule has 1 amide bonds. The summed E-state index contributed by atoms with van der Waals surface area (Å²) < 4.78 is 35.9. The monoisotopic (exact) mass is 461 g/mol. The number of nitrogens with one attached hydrogen (secondary N) is 1. The van der Waals surface area contributed by atoms with E-state index in [2.05, 4.69) is 6.07 Å². The maximum absolute atomic E-state index is 12.4. The number of methoxy groups -OCH3 is 2. The molecule has 0 bridgehead atoms. The van der Waals surface area contributed by atoms with Crippen molar-refractivity contribution in [3.63, 3.8) is 0 Å². The number of carbonyl (C=O) groups excluding carboxylic acids is 1. The highest BCUT2D eigenvalue weighted by Gasteiger charge is 2.16. The van der Waals surface area contributed by atoms with Gasteiger partial charge in [0.05, 0.1) is 20.5 Å². The van der Waals surface area contributed by atoms with Gasteiger partial charge in [-0.15, -0.1) is 0 Å². The lowest BCUT2D eigenvalue weighted by atomic mass is 9.93. The van der Waals surface area contributed by atoms with Crippen LogP contribution in [-0.2, 0) is 10.0 Å². The number of sulfonamides is 1. The lowest BCUT2D eigenvalue weighted by Gasteiger charge is -2.15. The van der Waals surface area contributed by atoms with E-state index < -0.39 is 15.9 Å². The molecule has 7 heteroatoms. The lowest BCUT2D eigenvalue weighted by Crippen LogP contribution is -2.29. The van der Waals surface area contributed by atoms with Crippen LogP contribution in [0.25, 0.3) is 33.0 Å². The first kappa shape index (κ1) is 22.4. The molecule has 168 valence electrons. The summed E-state index contributed by atoms with van der Waals surface area (Å²) in [6.07, 6.45) is 0.947. The van der Waals surface area contributed by atoms with Crippen LogP contribution >= 0.6 is 0 Å². The fraction of sp³-hybridized carbons (Fsp3) is 0.115. The summed E-state index contributed by atoms with van der Waals surface area (Å²) in [6.45, 7) is 0. The molecule has 0 aliphatic heterocycles. The van der Waals surface area contributed by atoms with E-state index in [9.17, 15) is 13.2 Å². The molecule has 0 spiro atoms. The lowest BCUT2D eigenvalue weighted by molar-refractivity contribution is 0.0981. The Bertz CT molecular complexity index is 1460. The molecule has 0 aromatic heterocycles. The van der Waals surface area contributed by atoms with Gasteiger partial charge in [-0.2, -0.15) is 0 Å². The van der Waals surface area contributed by atoms with Crippen molar-refractivity contribution in [2.45, 2.75) is 0 Å². The molecular formula is C26H23NO5S. The highest BCUT2D eigenvalue weighted by molar-refractivity contribution is 7.89. The smallest absolute Gasteiger partial charge is 0.264 e. The molecule has 0 saturated heterocycles. The molecule has 33 heavy (non-hydrogen) atoms. The first-order valence-electron chi connectivity index (χ1n) is 10.2. The molecule has 0 aliphatic rings. The molecule has 0 radical (unpaired) electrons. The Morgan fingerprint density at radius 2 is 1.52 bits per heavy atom. The zero-order chi connectivity index (χ0) is 23.6. The largest absolute Gasteiger partial charge is 0.497 e. The van der Waals surface area contributed by atoms with E-state index >= 15 is 0 Å². The van der Waals surface area contributed by atoms with Gasteiger partial charge < -0.3 is 9.47 Å². The number of amides is 1. The van der Waals surface area contributed by atoms with E-state index in [1.54, 1.807) is 32.4 Å². The Kier molecular flexibility index (Phi) is 6.07. The third-order valence-electron chi connectivity index (χ3n) is 5.30. The molecule has 1 N–H and O–H groups in total. The number of hydrogen-bond donors (Lipinski definition) is 1. The van der Waals surface area contributed by atoms with Gasteiger partial charge in [-0.3, -0.25) is 4.79 Å². The van der Waals surface area contributed by atoms with Crippen molar-refractivity contribution in [3.05, 3.63) is 84.4 Å². The number of hydrogen-bond acceptors (Lipinski definition) is 5. The third-order valence-corrected chi connectivity index (χ3v) is 5.85. The normalized spacial score (nSPS) is 11.2. The van der Waals surface area contributed by atoms with Crippen LogP contribution in [0.4, 0.5) is 0 Å². The number of benzene rings is 4. The molecular weight excluding hydrogens is 438 g/mol. The van der Waals surface area contributed by atoms with Gasteiger partial charge in [0.15, 0.2) is 0 Å². The van der Waals surface area contributed by atoms with Crippen molar-refractivity contribution in [1.29, 1.82) is 0 Å². The fourth-order valence-corrected chi connectivity index (χ4v) is 4.26. The minimum absolute atomic E-state index is 0.241. The molecule has 0 aliphatic carbocycles. The van der Waals surface area contributed by atoms with Crippen LogP contribution in [-0.4, -0.2) is 34.8 Å². The molecule has 0 atom stereocenters. The Hall–Kier alpha value is -3.84. The van der Waals surface area contributed by atoms with Crippen molar-refractivity contribution in [3.8, 4) is 33.8 Å². The molecule has 0 fully saturated rings. The maximum atomic E-state index is 12.4. The summed E-state index contributed by atoms with van der Waals surface area (Å²) in [5.41, 5.74) is 3.88. The van der Waals surface area contributed by atoms with Gasteiger partial charge in [0.1, 0.15) is 11.5 Å². The molecule has 0 saturated carbocycles. The number of fused-ring (bicyclic) bond motifs is 1. The van der Waals surface area contributed by atoms with Crippen LogP contribution in [0.3, 0.4) is 0 Å². The Balaban J connectivity index is 1.83. The van der Waals surface area contributed by atoms with Gasteiger partial charge in [-0.25, -0.2) is 13.1 Å². The average Bonchev–Trinajstić information content (AvgIpc) is 2.82. The molecule has 6 nitrogen and oxygen atoms in total. The SMILES string of the molecule is COc1cccc(-c2ccc3c(-c4cccc(C(=O)NS(C)(=O)=O)c4)c(OC)ccc3c2)c1. The molecule has 0 heterocycles. The van der Waals surface area contributed by atoms with E-state index in [4.69, 9.17) is 9.47 Å². The second-order valence-corrected chi connectivity index (χ2v) is 9.34. The summed E-state index contributed by atoms with van der Waals surface area (Å²) in [4.78, 5) is 12.4. The van der Waals surface area contributed by atoms with Crippen molar-refractivity contribution < 1.29 is 22.7 Å². The van der Waals surface area contributed by atoms with Crippen molar-refractivity contribution >= 4 is 26.7 Å². The molecule has 4 rings (SSSR count). The van der Waals surface area contributed by atoms with Gasteiger partial charge in [-0.05, 0) is 63.9 Å². The number of rotatable bonds is 6. The topological polar surface area (TPSA) is 81.7 Å². The first-order chi connectivity index (χ1) is 15.8. The standard InChI is InChI=1S/C26H23NO5S/c1-31-22-9-5-6-17(16-22)18-10-12-23-19(14-18)11-13-24(32-2)25(23)20-7-4-8-21(15-20)26(28)27-33(3,29)30/h4-16H,1-3H3,(H,27,28). The van der Waals surface area contributed by atoms with Crippen LogP contribution in [0.5, 0.6) is 11.5 Å². The first-order valence-corrected chi connectivity index (χ1v) is 12.1. The van der Waals surface area contributed by atoms with E-state index in [1.165, 1.54) is 0 Å². The van der Waals surface area contributed by atoms with Gasteiger partial charge in [-0.1, -0.05) is 42.5 Å². The Morgan fingerprint density at radius 3 is 2.24 bits per heavy atom. The van der Waals surface area contributed by atoms with Crippen LogP contribution in [0.2, 0.25) is 0 Å². The molecule has 4 aromatic rings. The zero-order valence-corrected chi connectivity index (χ0v) is 19.3. The summed E-state index contributed by atoms with van der Waals surface area (Å²) in [5.74, 6) is 0.753. The summed E-state index contributed by atoms with van der Waals surface area (Å²) in [7, 11) is -0.432. The summed E-state index contributed by atoms with van der Waals surface area (Å²) in [6, 6.07) is 24.7. The van der Waals surface area contributed by atoms with Crippen molar-refractivity contribution in [2.75, 3.05) is 20.5 Å². The Morgan fingerprint density at radius 1 is 0.788 bits per heavy atom. The molecule has 4 aromatic carbocycles. The van der Waals surface area contributed by atoms with Gasteiger partial charge in [0.25, 0.3) is 5.91 Å². The minimum Gasteiger partial charge on any atom is -0.497 e. The van der Waals surface area contributed by atoms with Gasteiger partial charge in [0.2, 0.25) is 10.0 Å². The zero-order valence-electron chi connectivity index (χ0n) is 18.5. The van der Waals surface area contributed by atoms with E-state index in [0.29, 0.717) is 5.75 Å². The second-order valence-electron chi connectivity index (χ2n) is 7.59. The summed E-state index contributed by atoms with van der Waals surface area (Å²) in [5, 5.41) is 1.94. The summed E-state index contributed by atoms with van der Waals surface area (Å²) >= 11 is 0. The van der Waals surface area contributed by atoms with Crippen LogP contribution < -0.4 is 14.2 Å². The predicted molar refractivity (Wildman–Crippen MR) is 130 cm³/mol. The fourth-order valence-electron chi connectivity index (χ4n) is 3.80. The van der Waals surface area contributed by atoms with Gasteiger partial charge >= 0.3 is 0 Å². The molecule has 0 unspecified atom stereocenters. The third kappa shape index (κ3) is 4.83. The predicted octanol–water partition coefficient (Wildman–Crippen LogP) is 4.88. The van der Waals surface area contributed by atoms with Crippen molar-refractivity contribution in [2.24, 2.45) is 0 Å². The minimum atomic E-state index is -3.67. The highest BCUT2D eigenvalue weighted by Crippen LogP contribution is 2.39. The van der Waals surface area contributed by atoms with Gasteiger partial charge in [0, 0.05) is 11.1 Å². The highest BCUT2D eigenvalue weighted by atomic mass is 32.2. The maximum Gasteiger partial charge on any atom is 0.264 e. The number of ether oxygens (including phenoxy) is 2. The Labute approximate surface area is 192 Å². The quantitative estimate of drug-likeness (QED) is 0.443.